The van der Waals surface area contributed by atoms with Crippen molar-refractivity contribution in [3.63, 3.8) is 0 Å². The number of carbonyl (C=O) groups excluding carboxylic acids is 4. The molecule has 0 saturated carbocycles. The fourth-order valence-electron chi connectivity index (χ4n) is 1.81. The molecule has 24 heavy (non-hydrogen) atoms. The molecule has 0 aromatic rings. The third kappa shape index (κ3) is 9.09. The zero-order valence-electron chi connectivity index (χ0n) is 14.3. The predicted octanol–water partition coefficient (Wildman–Crippen LogP) is -0.342. The molecule has 1 amide bonds. The Morgan fingerprint density at radius 1 is 0.958 bits per heavy atom. The Bertz CT molecular complexity index is 440. The van der Waals surface area contributed by atoms with E-state index in [0.29, 0.717) is 0 Å². The molecule has 0 aromatic carbocycles. The molecule has 3 N–H and O–H groups in total. The molecule has 2 unspecified atom stereocenters. The van der Waals surface area contributed by atoms with Crippen LogP contribution in [0.4, 0.5) is 0 Å². The van der Waals surface area contributed by atoms with Gasteiger partial charge in [-0.05, 0) is 26.7 Å². The Morgan fingerprint density at radius 3 is 2.12 bits per heavy atom. The molecule has 9 nitrogen and oxygen atoms in total. The van der Waals surface area contributed by atoms with Crippen molar-refractivity contribution >= 4 is 23.8 Å². The lowest BCUT2D eigenvalue weighted by Gasteiger charge is -2.17. The monoisotopic (exact) mass is 346 g/mol. The van der Waals surface area contributed by atoms with Gasteiger partial charge < -0.3 is 25.3 Å². The molecule has 0 rings (SSSR count). The number of amides is 1. The summed E-state index contributed by atoms with van der Waals surface area (Å²) >= 11 is 0. The summed E-state index contributed by atoms with van der Waals surface area (Å²) in [6.07, 6.45) is 0.0449. The first kappa shape index (κ1) is 21.8. The first-order valence-corrected chi connectivity index (χ1v) is 7.80. The largest absolute Gasteiger partial charge is 0.468 e. The van der Waals surface area contributed by atoms with Crippen molar-refractivity contribution in [3.8, 4) is 0 Å². The minimum absolute atomic E-state index is 0.0285. The lowest BCUT2D eigenvalue weighted by atomic mass is 10.1. The van der Waals surface area contributed by atoms with Gasteiger partial charge in [0.2, 0.25) is 5.91 Å². The summed E-state index contributed by atoms with van der Waals surface area (Å²) in [5.74, 6) is -2.19. The average molecular weight is 346 g/mol. The van der Waals surface area contributed by atoms with E-state index in [2.05, 4.69) is 10.1 Å². The van der Waals surface area contributed by atoms with E-state index in [9.17, 15) is 19.2 Å². The van der Waals surface area contributed by atoms with Crippen LogP contribution in [0.25, 0.3) is 0 Å². The number of nitrogens with two attached hydrogens (primary N) is 1. The highest BCUT2D eigenvalue weighted by molar-refractivity contribution is 5.85. The van der Waals surface area contributed by atoms with E-state index in [0.717, 1.165) is 0 Å². The van der Waals surface area contributed by atoms with Gasteiger partial charge in [-0.25, -0.2) is 4.79 Å². The van der Waals surface area contributed by atoms with E-state index in [1.165, 1.54) is 7.11 Å². The standard InChI is InChI=1S/C15H26N2O7/c1-4-23-13(19)9-7-11(15(21)24-5-2)17-12(18)8-6-10(16)14(20)22-3/h10-11H,4-9,16H2,1-3H3,(H,17,18). The van der Waals surface area contributed by atoms with Crippen molar-refractivity contribution in [2.45, 2.75) is 51.6 Å². The van der Waals surface area contributed by atoms with Crippen LogP contribution in [0.5, 0.6) is 0 Å². The second-order valence-electron chi connectivity index (χ2n) is 4.88. The summed E-state index contributed by atoms with van der Waals surface area (Å²) in [7, 11) is 1.20. The number of nitrogens with one attached hydrogen (secondary N) is 1. The normalized spacial score (nSPS) is 12.7. The lowest BCUT2D eigenvalue weighted by molar-refractivity contribution is -0.149. The highest BCUT2D eigenvalue weighted by Gasteiger charge is 2.24. The number of hydrogen-bond acceptors (Lipinski definition) is 8. The zero-order chi connectivity index (χ0) is 18.5. The minimum Gasteiger partial charge on any atom is -0.468 e. The van der Waals surface area contributed by atoms with Crippen LogP contribution in [-0.2, 0) is 33.4 Å². The molecule has 0 fully saturated rings. The van der Waals surface area contributed by atoms with Crippen LogP contribution in [0, 0.1) is 0 Å². The third-order valence-electron chi connectivity index (χ3n) is 3.04. The van der Waals surface area contributed by atoms with Crippen molar-refractivity contribution in [3.05, 3.63) is 0 Å². The maximum Gasteiger partial charge on any atom is 0.328 e. The van der Waals surface area contributed by atoms with Crippen LogP contribution in [-0.4, -0.2) is 56.2 Å². The average Bonchev–Trinajstić information content (AvgIpc) is 2.55. The first-order valence-electron chi connectivity index (χ1n) is 7.80. The van der Waals surface area contributed by atoms with Gasteiger partial charge in [0.05, 0.1) is 20.3 Å². The summed E-state index contributed by atoms with van der Waals surface area (Å²) in [5, 5.41) is 2.48. The van der Waals surface area contributed by atoms with Gasteiger partial charge >= 0.3 is 17.9 Å². The molecule has 0 aromatic heterocycles. The fourth-order valence-corrected chi connectivity index (χ4v) is 1.81. The molecule has 0 spiro atoms. The second-order valence-corrected chi connectivity index (χ2v) is 4.88. The van der Waals surface area contributed by atoms with Gasteiger partial charge in [0.25, 0.3) is 0 Å². The van der Waals surface area contributed by atoms with Crippen molar-refractivity contribution < 1.29 is 33.4 Å². The van der Waals surface area contributed by atoms with Gasteiger partial charge in [0.15, 0.2) is 0 Å². The Hall–Kier alpha value is -2.16. The number of hydrogen-bond donors (Lipinski definition) is 2. The van der Waals surface area contributed by atoms with Gasteiger partial charge in [-0.1, -0.05) is 0 Å². The number of methoxy groups -OCH3 is 1. The Kier molecular flexibility index (Phi) is 11.2. The van der Waals surface area contributed by atoms with E-state index < -0.39 is 35.9 Å². The summed E-state index contributed by atoms with van der Waals surface area (Å²) in [4.78, 5) is 46.3. The summed E-state index contributed by atoms with van der Waals surface area (Å²) in [6, 6.07) is -1.88. The molecule has 0 bridgehead atoms. The molecular weight excluding hydrogens is 320 g/mol. The quantitative estimate of drug-likeness (QED) is 0.383. The van der Waals surface area contributed by atoms with Crippen LogP contribution in [0.2, 0.25) is 0 Å². The zero-order valence-corrected chi connectivity index (χ0v) is 14.3. The van der Waals surface area contributed by atoms with E-state index in [4.69, 9.17) is 15.2 Å². The number of carbonyl (C=O) groups is 4. The van der Waals surface area contributed by atoms with Gasteiger partial charge in [-0.15, -0.1) is 0 Å². The van der Waals surface area contributed by atoms with Crippen molar-refractivity contribution in [2.75, 3.05) is 20.3 Å². The highest BCUT2D eigenvalue weighted by atomic mass is 16.5. The van der Waals surface area contributed by atoms with Gasteiger partial charge in [-0.2, -0.15) is 0 Å². The Balaban J connectivity index is 4.51. The van der Waals surface area contributed by atoms with Gasteiger partial charge in [-0.3, -0.25) is 14.4 Å². The third-order valence-corrected chi connectivity index (χ3v) is 3.04. The molecule has 0 aliphatic carbocycles. The molecule has 0 aliphatic heterocycles. The molecule has 138 valence electrons. The van der Waals surface area contributed by atoms with Crippen LogP contribution in [0.15, 0.2) is 0 Å². The van der Waals surface area contributed by atoms with Gasteiger partial charge in [0.1, 0.15) is 12.1 Å². The van der Waals surface area contributed by atoms with E-state index >= 15 is 0 Å². The fraction of sp³-hybridized carbons (Fsp3) is 0.733. The predicted molar refractivity (Wildman–Crippen MR) is 83.7 cm³/mol. The van der Waals surface area contributed by atoms with Crippen LogP contribution in [0.1, 0.15) is 39.5 Å². The lowest BCUT2D eigenvalue weighted by Crippen LogP contribution is -2.43. The SMILES string of the molecule is CCOC(=O)CCC(NC(=O)CCC(N)C(=O)OC)C(=O)OCC. The maximum atomic E-state index is 11.9. The van der Waals surface area contributed by atoms with Crippen LogP contribution < -0.4 is 11.1 Å². The molecule has 2 atom stereocenters. The smallest absolute Gasteiger partial charge is 0.328 e. The molecule has 9 heteroatoms. The molecule has 0 saturated heterocycles. The number of rotatable bonds is 11. The van der Waals surface area contributed by atoms with Crippen LogP contribution in [0.3, 0.4) is 0 Å². The molecule has 0 heterocycles. The topological polar surface area (TPSA) is 134 Å². The maximum absolute atomic E-state index is 11.9. The minimum atomic E-state index is -0.962. The van der Waals surface area contributed by atoms with Crippen molar-refractivity contribution in [1.29, 1.82) is 0 Å². The van der Waals surface area contributed by atoms with Crippen LogP contribution >= 0.6 is 0 Å². The number of esters is 3. The summed E-state index contributed by atoms with van der Waals surface area (Å²) < 4.78 is 14.1. The van der Waals surface area contributed by atoms with Crippen molar-refractivity contribution in [1.82, 2.24) is 5.32 Å². The molecular formula is C15H26N2O7. The van der Waals surface area contributed by atoms with Crippen molar-refractivity contribution in [2.24, 2.45) is 5.73 Å². The molecule has 0 aliphatic rings. The highest BCUT2D eigenvalue weighted by Crippen LogP contribution is 2.04. The Labute approximate surface area is 141 Å². The van der Waals surface area contributed by atoms with E-state index in [1.807, 2.05) is 0 Å². The second kappa shape index (κ2) is 12.3. The first-order chi connectivity index (χ1) is 11.3. The van der Waals surface area contributed by atoms with E-state index in [1.54, 1.807) is 13.8 Å². The molecule has 0 radical (unpaired) electrons. The summed E-state index contributed by atoms with van der Waals surface area (Å²) in [6.45, 7) is 3.70. The van der Waals surface area contributed by atoms with E-state index in [-0.39, 0.29) is 38.9 Å². The van der Waals surface area contributed by atoms with Gasteiger partial charge in [0, 0.05) is 12.8 Å². The summed E-state index contributed by atoms with van der Waals surface area (Å²) in [5.41, 5.74) is 5.54. The Morgan fingerprint density at radius 2 is 1.58 bits per heavy atom. The number of ether oxygens (including phenoxy) is 3.